The Balaban J connectivity index is 2.71. The number of nitrogens with two attached hydrogens (primary N) is 1. The van der Waals surface area contributed by atoms with Crippen LogP contribution in [0.2, 0.25) is 0 Å². The molecule has 0 saturated carbocycles. The number of halogens is 1. The van der Waals surface area contributed by atoms with Crippen LogP contribution in [0.5, 0.6) is 0 Å². The number of benzene rings is 1. The Morgan fingerprint density at radius 1 is 1.42 bits per heavy atom. The maximum absolute atomic E-state index is 12.5. The van der Waals surface area contributed by atoms with Crippen LogP contribution >= 0.6 is 0 Å². The van der Waals surface area contributed by atoms with E-state index in [0.717, 1.165) is 17.6 Å². The van der Waals surface area contributed by atoms with Crippen LogP contribution in [0.4, 0.5) is 4.39 Å². The van der Waals surface area contributed by atoms with Gasteiger partial charge < -0.3 is 5.73 Å². The summed E-state index contributed by atoms with van der Waals surface area (Å²) in [6.45, 7) is 1.95. The zero-order valence-corrected chi connectivity index (χ0v) is 7.05. The van der Waals surface area contributed by atoms with E-state index in [1.807, 2.05) is 6.92 Å². The molecule has 0 saturated heterocycles. The van der Waals surface area contributed by atoms with Crippen LogP contribution in [-0.2, 0) is 6.42 Å². The molecule has 0 heterocycles. The number of hydrogen-bond donors (Lipinski definition) is 1. The lowest BCUT2D eigenvalue weighted by atomic mass is 10.1. The van der Waals surface area contributed by atoms with Gasteiger partial charge in [-0.1, -0.05) is 17.7 Å². The van der Waals surface area contributed by atoms with Crippen molar-refractivity contribution in [2.24, 2.45) is 5.73 Å². The first kappa shape index (κ1) is 8.78. The monoisotopic (exact) mass is 165 g/mol. The SMILES string of the molecule is C/C(=C\N)Cc1ccc(F)cc1. The first-order chi connectivity index (χ1) is 5.72. The first-order valence-corrected chi connectivity index (χ1v) is 3.84. The first-order valence-electron chi connectivity index (χ1n) is 3.84. The minimum Gasteiger partial charge on any atom is -0.405 e. The molecule has 0 spiro atoms. The number of allylic oxidation sites excluding steroid dienone is 1. The summed E-state index contributed by atoms with van der Waals surface area (Å²) in [4.78, 5) is 0. The van der Waals surface area contributed by atoms with E-state index in [0.29, 0.717) is 0 Å². The molecule has 0 aliphatic carbocycles. The second-order valence-electron chi connectivity index (χ2n) is 2.82. The largest absolute Gasteiger partial charge is 0.405 e. The predicted molar refractivity (Wildman–Crippen MR) is 48.0 cm³/mol. The van der Waals surface area contributed by atoms with Gasteiger partial charge in [-0.3, -0.25) is 0 Å². The highest BCUT2D eigenvalue weighted by Crippen LogP contribution is 2.07. The Morgan fingerprint density at radius 2 is 2.00 bits per heavy atom. The van der Waals surface area contributed by atoms with Crippen LogP contribution in [-0.4, -0.2) is 0 Å². The molecule has 0 amide bonds. The highest BCUT2D eigenvalue weighted by Gasteiger charge is 1.94. The highest BCUT2D eigenvalue weighted by molar-refractivity contribution is 5.21. The maximum Gasteiger partial charge on any atom is 0.123 e. The summed E-state index contributed by atoms with van der Waals surface area (Å²) in [7, 11) is 0. The van der Waals surface area contributed by atoms with Crippen molar-refractivity contribution in [3.8, 4) is 0 Å². The second-order valence-corrected chi connectivity index (χ2v) is 2.82. The molecule has 2 N–H and O–H groups in total. The zero-order valence-electron chi connectivity index (χ0n) is 7.05. The van der Waals surface area contributed by atoms with Gasteiger partial charge >= 0.3 is 0 Å². The molecular formula is C10H12FN. The van der Waals surface area contributed by atoms with Crippen molar-refractivity contribution in [3.63, 3.8) is 0 Å². The van der Waals surface area contributed by atoms with Crippen LogP contribution in [0.1, 0.15) is 12.5 Å². The Hall–Kier alpha value is -1.31. The van der Waals surface area contributed by atoms with Crippen LogP contribution in [0.15, 0.2) is 36.0 Å². The van der Waals surface area contributed by atoms with Gasteiger partial charge in [0.25, 0.3) is 0 Å². The Labute approximate surface area is 71.7 Å². The summed E-state index contributed by atoms with van der Waals surface area (Å²) in [6.07, 6.45) is 2.36. The molecule has 0 aromatic heterocycles. The van der Waals surface area contributed by atoms with Gasteiger partial charge in [-0.25, -0.2) is 4.39 Å². The van der Waals surface area contributed by atoms with Gasteiger partial charge in [0.2, 0.25) is 0 Å². The van der Waals surface area contributed by atoms with Crippen molar-refractivity contribution >= 4 is 0 Å². The topological polar surface area (TPSA) is 26.0 Å². The Bertz CT molecular complexity index is 274. The quantitative estimate of drug-likeness (QED) is 0.714. The average Bonchev–Trinajstić information content (AvgIpc) is 2.09. The fourth-order valence-electron chi connectivity index (χ4n) is 0.983. The zero-order chi connectivity index (χ0) is 8.97. The van der Waals surface area contributed by atoms with Gasteiger partial charge in [-0.2, -0.15) is 0 Å². The molecule has 0 radical (unpaired) electrons. The molecule has 0 unspecified atom stereocenters. The fourth-order valence-corrected chi connectivity index (χ4v) is 0.983. The van der Waals surface area contributed by atoms with E-state index in [4.69, 9.17) is 5.73 Å². The lowest BCUT2D eigenvalue weighted by molar-refractivity contribution is 0.627. The summed E-state index contributed by atoms with van der Waals surface area (Å²) in [6, 6.07) is 6.45. The third-order valence-electron chi connectivity index (χ3n) is 1.68. The van der Waals surface area contributed by atoms with Crippen LogP contribution in [0.3, 0.4) is 0 Å². The summed E-state index contributed by atoms with van der Waals surface area (Å²) in [5, 5.41) is 0. The second kappa shape index (κ2) is 3.90. The van der Waals surface area contributed by atoms with E-state index in [9.17, 15) is 4.39 Å². The molecular weight excluding hydrogens is 153 g/mol. The smallest absolute Gasteiger partial charge is 0.123 e. The van der Waals surface area contributed by atoms with Crippen LogP contribution in [0.25, 0.3) is 0 Å². The summed E-state index contributed by atoms with van der Waals surface area (Å²) >= 11 is 0. The molecule has 0 aliphatic rings. The molecule has 0 atom stereocenters. The molecule has 1 nitrogen and oxygen atoms in total. The summed E-state index contributed by atoms with van der Waals surface area (Å²) < 4.78 is 12.5. The third-order valence-corrected chi connectivity index (χ3v) is 1.68. The maximum atomic E-state index is 12.5. The number of hydrogen-bond acceptors (Lipinski definition) is 1. The summed E-state index contributed by atoms with van der Waals surface area (Å²) in [5.41, 5.74) is 7.48. The Morgan fingerprint density at radius 3 is 2.50 bits per heavy atom. The van der Waals surface area contributed by atoms with Gasteiger partial charge in [0.15, 0.2) is 0 Å². The third kappa shape index (κ3) is 2.38. The van der Waals surface area contributed by atoms with Crippen molar-refractivity contribution in [2.75, 3.05) is 0 Å². The molecule has 1 aromatic rings. The van der Waals surface area contributed by atoms with Crippen LogP contribution in [0, 0.1) is 5.82 Å². The van der Waals surface area contributed by atoms with Crippen molar-refractivity contribution in [1.82, 2.24) is 0 Å². The van der Waals surface area contributed by atoms with Crippen molar-refractivity contribution in [2.45, 2.75) is 13.3 Å². The lowest BCUT2D eigenvalue weighted by Gasteiger charge is -1.99. The van der Waals surface area contributed by atoms with Gasteiger partial charge in [0.05, 0.1) is 0 Å². The predicted octanol–water partition coefficient (Wildman–Crippen LogP) is 2.23. The van der Waals surface area contributed by atoms with Gasteiger partial charge in [0.1, 0.15) is 5.82 Å². The lowest BCUT2D eigenvalue weighted by Crippen LogP contribution is -1.90. The van der Waals surface area contributed by atoms with Gasteiger partial charge in [-0.15, -0.1) is 0 Å². The van der Waals surface area contributed by atoms with E-state index in [1.165, 1.54) is 12.1 Å². The molecule has 64 valence electrons. The van der Waals surface area contributed by atoms with Gasteiger partial charge in [-0.05, 0) is 37.2 Å². The van der Waals surface area contributed by atoms with Crippen molar-refractivity contribution in [1.29, 1.82) is 0 Å². The minimum atomic E-state index is -0.201. The van der Waals surface area contributed by atoms with E-state index < -0.39 is 0 Å². The molecule has 0 fully saturated rings. The molecule has 12 heavy (non-hydrogen) atoms. The normalized spacial score (nSPS) is 11.7. The molecule has 0 bridgehead atoms. The molecule has 1 rings (SSSR count). The van der Waals surface area contributed by atoms with E-state index in [1.54, 1.807) is 18.3 Å². The van der Waals surface area contributed by atoms with Crippen molar-refractivity contribution in [3.05, 3.63) is 47.4 Å². The van der Waals surface area contributed by atoms with Crippen LogP contribution < -0.4 is 5.73 Å². The fraction of sp³-hybridized carbons (Fsp3) is 0.200. The molecule has 2 heteroatoms. The Kier molecular flexibility index (Phi) is 2.86. The highest BCUT2D eigenvalue weighted by atomic mass is 19.1. The summed E-state index contributed by atoms with van der Waals surface area (Å²) in [5.74, 6) is -0.201. The van der Waals surface area contributed by atoms with E-state index in [-0.39, 0.29) is 5.82 Å². The molecule has 0 aliphatic heterocycles. The van der Waals surface area contributed by atoms with E-state index >= 15 is 0 Å². The molecule has 1 aromatic carbocycles. The minimum absolute atomic E-state index is 0.201. The van der Waals surface area contributed by atoms with Gasteiger partial charge in [0, 0.05) is 0 Å². The van der Waals surface area contributed by atoms with Crippen molar-refractivity contribution < 1.29 is 4.39 Å². The number of rotatable bonds is 2. The van der Waals surface area contributed by atoms with E-state index in [2.05, 4.69) is 0 Å². The average molecular weight is 165 g/mol. The standard InChI is InChI=1S/C10H12FN/c1-8(7-12)6-9-2-4-10(11)5-3-9/h2-5,7H,6,12H2,1H3/b8-7+.